The van der Waals surface area contributed by atoms with Crippen molar-refractivity contribution in [3.8, 4) is 11.5 Å². The summed E-state index contributed by atoms with van der Waals surface area (Å²) in [5.74, 6) is 1.79. The van der Waals surface area contributed by atoms with Crippen molar-refractivity contribution >= 4 is 0 Å². The van der Waals surface area contributed by atoms with E-state index in [2.05, 4.69) is 15.1 Å². The van der Waals surface area contributed by atoms with Crippen LogP contribution in [0.2, 0.25) is 0 Å². The predicted octanol–water partition coefficient (Wildman–Crippen LogP) is 3.08. The molecule has 1 aromatic heterocycles. The number of nitrogens with zero attached hydrogens (tertiary/aromatic N) is 3. The average molecular weight is 287 g/mol. The summed E-state index contributed by atoms with van der Waals surface area (Å²) in [7, 11) is 0. The maximum absolute atomic E-state index is 13.7. The lowest BCUT2D eigenvalue weighted by atomic mass is 10.1. The zero-order valence-electron chi connectivity index (χ0n) is 11.8. The van der Waals surface area contributed by atoms with Gasteiger partial charge in [-0.2, -0.15) is 0 Å². The van der Waals surface area contributed by atoms with E-state index in [1.54, 1.807) is 18.2 Å². The first-order valence-corrected chi connectivity index (χ1v) is 7.60. The highest BCUT2D eigenvalue weighted by Gasteiger charge is 2.32. The molecule has 1 saturated carbocycles. The van der Waals surface area contributed by atoms with Gasteiger partial charge in [-0.15, -0.1) is 10.2 Å². The highest BCUT2D eigenvalue weighted by Crippen LogP contribution is 2.34. The first kappa shape index (κ1) is 13.0. The maximum atomic E-state index is 13.7. The van der Waals surface area contributed by atoms with E-state index in [1.807, 2.05) is 0 Å². The minimum atomic E-state index is -0.325. The van der Waals surface area contributed by atoms with Crippen molar-refractivity contribution in [1.82, 2.24) is 15.1 Å². The minimum absolute atomic E-state index is 0.281. The summed E-state index contributed by atoms with van der Waals surface area (Å²) in [6, 6.07) is 6.50. The Morgan fingerprint density at radius 1 is 1.19 bits per heavy atom. The molecular formula is C16H18FN3O. The first-order valence-electron chi connectivity index (χ1n) is 7.60. The lowest BCUT2D eigenvalue weighted by Crippen LogP contribution is -2.22. The lowest BCUT2D eigenvalue weighted by molar-refractivity contribution is 0.314. The summed E-state index contributed by atoms with van der Waals surface area (Å²) in [4.78, 5) is 2.48. The number of rotatable bonds is 4. The second kappa shape index (κ2) is 5.22. The molecular weight excluding hydrogens is 269 g/mol. The molecule has 110 valence electrons. The third-order valence-corrected chi connectivity index (χ3v) is 4.38. The van der Waals surface area contributed by atoms with Crippen LogP contribution >= 0.6 is 0 Å². The maximum Gasteiger partial charge on any atom is 0.250 e. The molecule has 2 fully saturated rings. The van der Waals surface area contributed by atoms with E-state index in [9.17, 15) is 4.39 Å². The number of likely N-dealkylation sites (tertiary alicyclic amines) is 1. The Hall–Kier alpha value is -1.75. The van der Waals surface area contributed by atoms with Gasteiger partial charge in [0.1, 0.15) is 5.82 Å². The van der Waals surface area contributed by atoms with Crippen LogP contribution in [0, 0.1) is 11.7 Å². The SMILES string of the molecule is Fc1ccccc1-c1nnc(C2CCN(CC3CC3)C2)o1. The molecule has 0 radical (unpaired) electrons. The Labute approximate surface area is 123 Å². The van der Waals surface area contributed by atoms with Gasteiger partial charge < -0.3 is 9.32 Å². The summed E-state index contributed by atoms with van der Waals surface area (Å²) in [5, 5.41) is 8.15. The Morgan fingerprint density at radius 3 is 2.86 bits per heavy atom. The van der Waals surface area contributed by atoms with Crippen molar-refractivity contribution in [2.75, 3.05) is 19.6 Å². The second-order valence-corrected chi connectivity index (χ2v) is 6.11. The van der Waals surface area contributed by atoms with Crippen LogP contribution in [0.25, 0.3) is 11.5 Å². The van der Waals surface area contributed by atoms with Gasteiger partial charge >= 0.3 is 0 Å². The second-order valence-electron chi connectivity index (χ2n) is 6.11. The third kappa shape index (κ3) is 2.70. The molecule has 21 heavy (non-hydrogen) atoms. The van der Waals surface area contributed by atoms with Gasteiger partial charge in [0.2, 0.25) is 5.89 Å². The third-order valence-electron chi connectivity index (χ3n) is 4.38. The zero-order valence-corrected chi connectivity index (χ0v) is 11.8. The van der Waals surface area contributed by atoms with Gasteiger partial charge in [0.25, 0.3) is 5.89 Å². The predicted molar refractivity (Wildman–Crippen MR) is 76.2 cm³/mol. The zero-order chi connectivity index (χ0) is 14.2. The molecule has 1 aliphatic carbocycles. The fourth-order valence-electron chi connectivity index (χ4n) is 3.01. The van der Waals surface area contributed by atoms with Crippen LogP contribution in [-0.2, 0) is 0 Å². The molecule has 0 N–H and O–H groups in total. The molecule has 5 heteroatoms. The highest BCUT2D eigenvalue weighted by atomic mass is 19.1. The van der Waals surface area contributed by atoms with Crippen LogP contribution in [-0.4, -0.2) is 34.7 Å². The number of benzene rings is 1. The largest absolute Gasteiger partial charge is 0.420 e. The molecule has 2 heterocycles. The first-order chi connectivity index (χ1) is 10.3. The summed E-state index contributed by atoms with van der Waals surface area (Å²) < 4.78 is 19.5. The molecule has 4 nitrogen and oxygen atoms in total. The van der Waals surface area contributed by atoms with E-state index < -0.39 is 0 Å². The molecule has 1 atom stereocenters. The summed E-state index contributed by atoms with van der Waals surface area (Å²) in [6.07, 6.45) is 3.80. The van der Waals surface area contributed by atoms with Crippen molar-refractivity contribution in [3.05, 3.63) is 36.0 Å². The van der Waals surface area contributed by atoms with E-state index in [1.165, 1.54) is 25.5 Å². The van der Waals surface area contributed by atoms with Gasteiger partial charge in [0, 0.05) is 13.1 Å². The Morgan fingerprint density at radius 2 is 2.05 bits per heavy atom. The van der Waals surface area contributed by atoms with Gasteiger partial charge in [-0.05, 0) is 43.9 Å². The van der Waals surface area contributed by atoms with Crippen molar-refractivity contribution < 1.29 is 8.81 Å². The van der Waals surface area contributed by atoms with E-state index >= 15 is 0 Å². The number of hydrogen-bond acceptors (Lipinski definition) is 4. The Kier molecular flexibility index (Phi) is 3.22. The van der Waals surface area contributed by atoms with E-state index in [0.717, 1.165) is 25.4 Å². The van der Waals surface area contributed by atoms with Crippen LogP contribution in [0.3, 0.4) is 0 Å². The van der Waals surface area contributed by atoms with Crippen molar-refractivity contribution in [2.24, 2.45) is 5.92 Å². The van der Waals surface area contributed by atoms with E-state index in [-0.39, 0.29) is 17.6 Å². The van der Waals surface area contributed by atoms with Crippen LogP contribution < -0.4 is 0 Å². The molecule has 0 amide bonds. The number of halogens is 1. The van der Waals surface area contributed by atoms with Crippen LogP contribution in [0.1, 0.15) is 31.1 Å². The smallest absolute Gasteiger partial charge is 0.250 e. The molecule has 0 spiro atoms. The molecule has 0 bridgehead atoms. The van der Waals surface area contributed by atoms with Gasteiger partial charge in [0.15, 0.2) is 0 Å². The normalized spacial score (nSPS) is 22.8. The van der Waals surface area contributed by atoms with Gasteiger partial charge in [-0.1, -0.05) is 12.1 Å². The van der Waals surface area contributed by atoms with Gasteiger partial charge in [-0.25, -0.2) is 4.39 Å². The average Bonchev–Trinajstić information content (AvgIpc) is 2.99. The molecule has 1 aromatic carbocycles. The van der Waals surface area contributed by atoms with Crippen LogP contribution in [0.15, 0.2) is 28.7 Å². The Bertz CT molecular complexity index is 638. The molecule has 1 saturated heterocycles. The van der Waals surface area contributed by atoms with Crippen molar-refractivity contribution in [2.45, 2.75) is 25.2 Å². The van der Waals surface area contributed by atoms with E-state index in [4.69, 9.17) is 4.42 Å². The van der Waals surface area contributed by atoms with Gasteiger partial charge in [0.05, 0.1) is 11.5 Å². The molecule has 1 aliphatic heterocycles. The van der Waals surface area contributed by atoms with Crippen LogP contribution in [0.4, 0.5) is 4.39 Å². The summed E-state index contributed by atoms with van der Waals surface area (Å²) in [5.41, 5.74) is 0.379. The fraction of sp³-hybridized carbons (Fsp3) is 0.500. The summed E-state index contributed by atoms with van der Waals surface area (Å²) in [6.45, 7) is 3.28. The molecule has 2 aromatic rings. The standard InChI is InChI=1S/C16H18FN3O/c17-14-4-2-1-3-13(14)16-19-18-15(21-16)12-7-8-20(10-12)9-11-5-6-11/h1-4,11-12H,5-10H2. The monoisotopic (exact) mass is 287 g/mol. The molecule has 1 unspecified atom stereocenters. The number of hydrogen-bond donors (Lipinski definition) is 0. The highest BCUT2D eigenvalue weighted by molar-refractivity contribution is 5.53. The van der Waals surface area contributed by atoms with Crippen molar-refractivity contribution in [1.29, 1.82) is 0 Å². The van der Waals surface area contributed by atoms with E-state index in [0.29, 0.717) is 11.5 Å². The fourth-order valence-corrected chi connectivity index (χ4v) is 3.01. The van der Waals surface area contributed by atoms with Crippen molar-refractivity contribution in [3.63, 3.8) is 0 Å². The minimum Gasteiger partial charge on any atom is -0.420 e. The molecule has 4 rings (SSSR count). The van der Waals surface area contributed by atoms with Crippen LogP contribution in [0.5, 0.6) is 0 Å². The summed E-state index contributed by atoms with van der Waals surface area (Å²) >= 11 is 0. The number of aromatic nitrogens is 2. The van der Waals surface area contributed by atoms with Gasteiger partial charge in [-0.3, -0.25) is 0 Å². The quantitative estimate of drug-likeness (QED) is 0.866. The molecule has 2 aliphatic rings. The lowest BCUT2D eigenvalue weighted by Gasteiger charge is -2.13. The Balaban J connectivity index is 1.48. The topological polar surface area (TPSA) is 42.2 Å².